The molecule has 0 rings (SSSR count). The fourth-order valence-electron chi connectivity index (χ4n) is 1.84. The smallest absolute Gasteiger partial charge is 0.236 e. The van der Waals surface area contributed by atoms with Gasteiger partial charge in [0.1, 0.15) is 5.88 Å². The molecule has 1 unspecified atom stereocenters. The lowest BCUT2D eigenvalue weighted by atomic mass is 10.2. The van der Waals surface area contributed by atoms with Crippen LogP contribution in [0.3, 0.4) is 0 Å². The number of amides is 1. The molecule has 0 aliphatic rings. The number of hydrogen-bond acceptors (Lipinski definition) is 2. The summed E-state index contributed by atoms with van der Waals surface area (Å²) in [5, 5.41) is 2.85. The van der Waals surface area contributed by atoms with Crippen LogP contribution in [0.4, 0.5) is 0 Å². The standard InChI is InChI=1S/C10H21ClN2O.ClH/c1-7(2)13(8(3)4)9(5)12-10(14)6-11;/h7-9H,6H2,1-5H3,(H,12,14);1H. The first-order valence-corrected chi connectivity index (χ1v) is 5.56. The summed E-state index contributed by atoms with van der Waals surface area (Å²) in [4.78, 5) is 13.3. The number of carbonyl (C=O) groups excluding carboxylic acids is 1. The van der Waals surface area contributed by atoms with E-state index in [2.05, 4.69) is 37.9 Å². The number of carbonyl (C=O) groups is 1. The molecule has 0 heterocycles. The van der Waals surface area contributed by atoms with Crippen molar-refractivity contribution < 1.29 is 4.79 Å². The lowest BCUT2D eigenvalue weighted by Gasteiger charge is -2.36. The van der Waals surface area contributed by atoms with E-state index in [4.69, 9.17) is 11.6 Å². The van der Waals surface area contributed by atoms with Gasteiger partial charge in [0.2, 0.25) is 5.91 Å². The van der Waals surface area contributed by atoms with Crippen LogP contribution in [0.25, 0.3) is 0 Å². The first kappa shape index (κ1) is 17.4. The molecule has 0 aliphatic heterocycles. The molecule has 15 heavy (non-hydrogen) atoms. The van der Waals surface area contributed by atoms with Crippen molar-refractivity contribution in [2.75, 3.05) is 5.88 Å². The second-order valence-corrected chi connectivity index (χ2v) is 4.28. The van der Waals surface area contributed by atoms with Gasteiger partial charge in [-0.05, 0) is 34.6 Å². The summed E-state index contributed by atoms with van der Waals surface area (Å²) in [5.74, 6) is -0.0977. The minimum absolute atomic E-state index is 0. The molecule has 0 aromatic carbocycles. The molecule has 0 spiro atoms. The molecule has 0 fully saturated rings. The summed E-state index contributed by atoms with van der Waals surface area (Å²) in [7, 11) is 0. The van der Waals surface area contributed by atoms with Crippen LogP contribution < -0.4 is 5.32 Å². The van der Waals surface area contributed by atoms with Crippen molar-refractivity contribution in [1.29, 1.82) is 0 Å². The van der Waals surface area contributed by atoms with Crippen molar-refractivity contribution in [3.63, 3.8) is 0 Å². The van der Waals surface area contributed by atoms with E-state index < -0.39 is 0 Å². The molecular weight excluding hydrogens is 235 g/mol. The number of hydrogen-bond donors (Lipinski definition) is 1. The highest BCUT2D eigenvalue weighted by molar-refractivity contribution is 6.27. The molecule has 0 aliphatic carbocycles. The summed E-state index contributed by atoms with van der Waals surface area (Å²) < 4.78 is 0. The Morgan fingerprint density at radius 1 is 1.20 bits per heavy atom. The van der Waals surface area contributed by atoms with Crippen LogP contribution >= 0.6 is 24.0 Å². The lowest BCUT2D eigenvalue weighted by molar-refractivity contribution is -0.120. The van der Waals surface area contributed by atoms with Crippen molar-refractivity contribution in [2.24, 2.45) is 0 Å². The van der Waals surface area contributed by atoms with Crippen molar-refractivity contribution in [3.05, 3.63) is 0 Å². The minimum Gasteiger partial charge on any atom is -0.340 e. The van der Waals surface area contributed by atoms with E-state index in [0.29, 0.717) is 12.1 Å². The average Bonchev–Trinajstić information content (AvgIpc) is 2.02. The van der Waals surface area contributed by atoms with Gasteiger partial charge in [0.25, 0.3) is 0 Å². The SMILES string of the molecule is CC(C)N(C(C)C)C(C)NC(=O)CCl.Cl. The Kier molecular flexibility index (Phi) is 9.51. The van der Waals surface area contributed by atoms with Gasteiger partial charge < -0.3 is 5.32 Å². The quantitative estimate of drug-likeness (QED) is 0.605. The molecule has 0 saturated carbocycles. The van der Waals surface area contributed by atoms with E-state index in [9.17, 15) is 4.79 Å². The van der Waals surface area contributed by atoms with Crippen LogP contribution in [0.1, 0.15) is 34.6 Å². The molecule has 5 heteroatoms. The van der Waals surface area contributed by atoms with E-state index in [1.165, 1.54) is 0 Å². The van der Waals surface area contributed by atoms with Crippen LogP contribution in [0.15, 0.2) is 0 Å². The normalized spacial score (nSPS) is 12.9. The number of nitrogens with one attached hydrogen (secondary N) is 1. The monoisotopic (exact) mass is 256 g/mol. The zero-order chi connectivity index (χ0) is 11.3. The number of halogens is 2. The first-order chi connectivity index (χ1) is 6.40. The third kappa shape index (κ3) is 6.23. The van der Waals surface area contributed by atoms with Crippen LogP contribution in [0, 0.1) is 0 Å². The molecule has 1 amide bonds. The maximum atomic E-state index is 11.1. The van der Waals surface area contributed by atoms with E-state index >= 15 is 0 Å². The van der Waals surface area contributed by atoms with Crippen molar-refractivity contribution in [3.8, 4) is 0 Å². The fourth-order valence-corrected chi connectivity index (χ4v) is 1.91. The third-order valence-electron chi connectivity index (χ3n) is 2.13. The van der Waals surface area contributed by atoms with Gasteiger partial charge >= 0.3 is 0 Å². The topological polar surface area (TPSA) is 32.3 Å². The number of rotatable bonds is 5. The zero-order valence-electron chi connectivity index (χ0n) is 10.1. The van der Waals surface area contributed by atoms with Crippen molar-refractivity contribution in [1.82, 2.24) is 10.2 Å². The highest BCUT2D eigenvalue weighted by Crippen LogP contribution is 2.08. The van der Waals surface area contributed by atoms with Gasteiger partial charge in [-0.3, -0.25) is 9.69 Å². The van der Waals surface area contributed by atoms with Gasteiger partial charge in [0.15, 0.2) is 0 Å². The summed E-state index contributed by atoms with van der Waals surface area (Å²) >= 11 is 5.43. The average molecular weight is 257 g/mol. The molecule has 92 valence electrons. The molecule has 0 bridgehead atoms. The maximum Gasteiger partial charge on any atom is 0.236 e. The molecular formula is C10H22Cl2N2O. The Morgan fingerprint density at radius 3 is 1.87 bits per heavy atom. The molecule has 0 saturated heterocycles. The van der Waals surface area contributed by atoms with E-state index in [1.807, 2.05) is 6.92 Å². The van der Waals surface area contributed by atoms with Crippen molar-refractivity contribution in [2.45, 2.75) is 52.9 Å². The van der Waals surface area contributed by atoms with Gasteiger partial charge in [0, 0.05) is 12.1 Å². The lowest BCUT2D eigenvalue weighted by Crippen LogP contribution is -2.52. The Hall–Kier alpha value is 0.01000. The van der Waals surface area contributed by atoms with Gasteiger partial charge in [-0.1, -0.05) is 0 Å². The molecule has 1 N–H and O–H groups in total. The Labute approximate surface area is 104 Å². The maximum absolute atomic E-state index is 11.1. The second kappa shape index (κ2) is 8.20. The second-order valence-electron chi connectivity index (χ2n) is 4.01. The highest BCUT2D eigenvalue weighted by Gasteiger charge is 2.20. The third-order valence-corrected chi connectivity index (χ3v) is 2.37. The molecule has 0 aromatic rings. The minimum atomic E-state index is -0.120. The van der Waals surface area contributed by atoms with Gasteiger partial charge in [-0.2, -0.15) is 0 Å². The van der Waals surface area contributed by atoms with Crippen LogP contribution in [0.5, 0.6) is 0 Å². The van der Waals surface area contributed by atoms with E-state index in [-0.39, 0.29) is 30.4 Å². The highest BCUT2D eigenvalue weighted by atomic mass is 35.5. The zero-order valence-corrected chi connectivity index (χ0v) is 11.7. The molecule has 1 atom stereocenters. The van der Waals surface area contributed by atoms with Gasteiger partial charge in [-0.25, -0.2) is 0 Å². The Bertz CT molecular complexity index is 178. The summed E-state index contributed by atoms with van der Waals surface area (Å²) in [6, 6.07) is 0.807. The molecule has 0 aromatic heterocycles. The van der Waals surface area contributed by atoms with E-state index in [0.717, 1.165) is 0 Å². The predicted octanol–water partition coefficient (Wildman–Crippen LogP) is 2.23. The van der Waals surface area contributed by atoms with Crippen LogP contribution in [-0.4, -0.2) is 34.9 Å². The summed E-state index contributed by atoms with van der Waals surface area (Å²) in [5.41, 5.74) is 0. The largest absolute Gasteiger partial charge is 0.340 e. The first-order valence-electron chi connectivity index (χ1n) is 5.02. The van der Waals surface area contributed by atoms with Crippen LogP contribution in [0.2, 0.25) is 0 Å². The van der Waals surface area contributed by atoms with Crippen LogP contribution in [-0.2, 0) is 4.79 Å². The summed E-state index contributed by atoms with van der Waals surface area (Å²) in [6.45, 7) is 10.4. The Balaban J connectivity index is 0. The summed E-state index contributed by atoms with van der Waals surface area (Å²) in [6.07, 6.45) is 0.0289. The fraction of sp³-hybridized carbons (Fsp3) is 0.900. The van der Waals surface area contributed by atoms with Gasteiger partial charge in [0.05, 0.1) is 6.17 Å². The number of alkyl halides is 1. The Morgan fingerprint density at radius 2 is 1.60 bits per heavy atom. The predicted molar refractivity (Wildman–Crippen MR) is 67.7 cm³/mol. The van der Waals surface area contributed by atoms with E-state index in [1.54, 1.807) is 0 Å². The molecule has 3 nitrogen and oxygen atoms in total. The number of nitrogens with zero attached hydrogens (tertiary/aromatic N) is 1. The van der Waals surface area contributed by atoms with Gasteiger partial charge in [-0.15, -0.1) is 24.0 Å². The van der Waals surface area contributed by atoms with Crippen molar-refractivity contribution >= 4 is 29.9 Å². The molecule has 0 radical (unpaired) electrons.